The number of hydrogen-bond acceptors (Lipinski definition) is 4. The van der Waals surface area contributed by atoms with E-state index in [1.807, 2.05) is 24.4 Å². The maximum atomic E-state index is 12.4. The zero-order valence-corrected chi connectivity index (χ0v) is 17.1. The van der Waals surface area contributed by atoms with Crippen LogP contribution in [0.5, 0.6) is 0 Å². The standard InChI is InChI=1S/C21H26ClN3O3/c1-13-7-6-8-16(14(13)2)23-21(27)15(3)28-19(26)11-10-17-20(22)24-18-9-4-5-12-25(17)18/h4-5,9-16H,6-8H2,1-3H3,(H,23,27)/b11-10+/t13-,14+,15+,16+/m0/s1. The number of carbonyl (C=O) groups is 2. The van der Waals surface area contributed by atoms with Gasteiger partial charge in [0.25, 0.3) is 5.91 Å². The van der Waals surface area contributed by atoms with Crippen LogP contribution in [0.25, 0.3) is 11.7 Å². The Labute approximate surface area is 169 Å². The Balaban J connectivity index is 1.58. The van der Waals surface area contributed by atoms with Gasteiger partial charge in [-0.15, -0.1) is 0 Å². The van der Waals surface area contributed by atoms with Gasteiger partial charge in [0.2, 0.25) is 0 Å². The van der Waals surface area contributed by atoms with Crippen LogP contribution in [0.2, 0.25) is 5.15 Å². The molecule has 3 rings (SSSR count). The average Bonchev–Trinajstić information content (AvgIpc) is 2.98. The highest BCUT2D eigenvalue weighted by Gasteiger charge is 2.29. The molecule has 1 aliphatic carbocycles. The largest absolute Gasteiger partial charge is 0.449 e. The lowest BCUT2D eigenvalue weighted by Crippen LogP contribution is -2.47. The number of ether oxygens (including phenoxy) is 1. The number of fused-ring (bicyclic) bond motifs is 1. The number of nitrogens with one attached hydrogen (secondary N) is 1. The molecule has 1 aliphatic rings. The molecule has 0 saturated heterocycles. The molecule has 28 heavy (non-hydrogen) atoms. The third-order valence-corrected chi connectivity index (χ3v) is 5.87. The van der Waals surface area contributed by atoms with E-state index in [-0.39, 0.29) is 11.9 Å². The number of rotatable bonds is 5. The molecule has 0 aromatic carbocycles. The van der Waals surface area contributed by atoms with E-state index in [0.717, 1.165) is 12.8 Å². The lowest BCUT2D eigenvalue weighted by Gasteiger charge is -2.35. The molecule has 150 valence electrons. The molecule has 0 unspecified atom stereocenters. The molecular formula is C21H26ClN3O3. The summed E-state index contributed by atoms with van der Waals surface area (Å²) in [7, 11) is 0. The fraction of sp³-hybridized carbons (Fsp3) is 0.476. The van der Waals surface area contributed by atoms with Crippen LogP contribution < -0.4 is 5.32 Å². The minimum absolute atomic E-state index is 0.130. The summed E-state index contributed by atoms with van der Waals surface area (Å²) in [5, 5.41) is 3.32. The Bertz CT molecular complexity index is 892. The van der Waals surface area contributed by atoms with Crippen molar-refractivity contribution in [1.29, 1.82) is 0 Å². The van der Waals surface area contributed by atoms with Crippen LogP contribution in [0.15, 0.2) is 30.5 Å². The molecule has 2 aromatic heterocycles. The SMILES string of the molecule is C[C@@H]1[C@@H](C)CCC[C@H]1NC(=O)[C@@H](C)OC(=O)/C=C/c1c(Cl)nc2ccccn12. The number of nitrogens with zero attached hydrogens (tertiary/aromatic N) is 2. The maximum absolute atomic E-state index is 12.4. The maximum Gasteiger partial charge on any atom is 0.331 e. The topological polar surface area (TPSA) is 72.7 Å². The molecule has 0 bridgehead atoms. The number of imidazole rings is 1. The van der Waals surface area contributed by atoms with E-state index >= 15 is 0 Å². The van der Waals surface area contributed by atoms with Crippen molar-refractivity contribution in [2.24, 2.45) is 11.8 Å². The van der Waals surface area contributed by atoms with Gasteiger partial charge >= 0.3 is 5.97 Å². The van der Waals surface area contributed by atoms with Crippen LogP contribution in [0.4, 0.5) is 0 Å². The second-order valence-corrected chi connectivity index (χ2v) is 7.87. The highest BCUT2D eigenvalue weighted by atomic mass is 35.5. The molecule has 0 aliphatic heterocycles. The van der Waals surface area contributed by atoms with E-state index in [4.69, 9.17) is 16.3 Å². The molecule has 1 saturated carbocycles. The lowest BCUT2D eigenvalue weighted by molar-refractivity contribution is -0.150. The van der Waals surface area contributed by atoms with E-state index in [2.05, 4.69) is 24.1 Å². The van der Waals surface area contributed by atoms with E-state index in [1.165, 1.54) is 12.5 Å². The molecule has 7 heteroatoms. The fourth-order valence-electron chi connectivity index (χ4n) is 3.63. The molecule has 2 heterocycles. The summed E-state index contributed by atoms with van der Waals surface area (Å²) in [6.07, 6.45) is 7.01. The minimum Gasteiger partial charge on any atom is -0.449 e. The zero-order chi connectivity index (χ0) is 20.3. The van der Waals surface area contributed by atoms with Crippen molar-refractivity contribution < 1.29 is 14.3 Å². The zero-order valence-electron chi connectivity index (χ0n) is 16.4. The van der Waals surface area contributed by atoms with Crippen LogP contribution >= 0.6 is 11.6 Å². The Morgan fingerprint density at radius 3 is 2.93 bits per heavy atom. The Morgan fingerprint density at radius 1 is 1.36 bits per heavy atom. The van der Waals surface area contributed by atoms with Gasteiger partial charge in [0.05, 0.1) is 5.69 Å². The van der Waals surface area contributed by atoms with Gasteiger partial charge in [0.1, 0.15) is 5.65 Å². The quantitative estimate of drug-likeness (QED) is 0.607. The van der Waals surface area contributed by atoms with Gasteiger partial charge in [-0.3, -0.25) is 9.20 Å². The van der Waals surface area contributed by atoms with Crippen LogP contribution in [-0.4, -0.2) is 33.4 Å². The summed E-state index contributed by atoms with van der Waals surface area (Å²) in [4.78, 5) is 28.8. The second-order valence-electron chi connectivity index (χ2n) is 7.51. The number of carbonyl (C=O) groups excluding carboxylic acids is 2. The number of esters is 1. The molecular weight excluding hydrogens is 378 g/mol. The molecule has 6 nitrogen and oxygen atoms in total. The molecule has 0 radical (unpaired) electrons. The molecule has 2 aromatic rings. The summed E-state index contributed by atoms with van der Waals surface area (Å²) >= 11 is 6.14. The highest BCUT2D eigenvalue weighted by Crippen LogP contribution is 2.29. The van der Waals surface area contributed by atoms with Crippen molar-refractivity contribution in [3.8, 4) is 0 Å². The van der Waals surface area contributed by atoms with Gasteiger partial charge in [-0.1, -0.05) is 44.4 Å². The average molecular weight is 404 g/mol. The van der Waals surface area contributed by atoms with Gasteiger partial charge < -0.3 is 10.1 Å². The molecule has 1 amide bonds. The number of aromatic nitrogens is 2. The molecule has 4 atom stereocenters. The first-order chi connectivity index (χ1) is 13.4. The van der Waals surface area contributed by atoms with Crippen LogP contribution in [0.1, 0.15) is 45.7 Å². The van der Waals surface area contributed by atoms with Crippen LogP contribution in [0.3, 0.4) is 0 Å². The highest BCUT2D eigenvalue weighted by molar-refractivity contribution is 6.31. The Kier molecular flexibility index (Phi) is 6.39. The normalized spacial score (nSPS) is 23.6. The van der Waals surface area contributed by atoms with Gasteiger partial charge in [0, 0.05) is 18.3 Å². The lowest BCUT2D eigenvalue weighted by atomic mass is 9.78. The fourth-order valence-corrected chi connectivity index (χ4v) is 3.88. The first-order valence-electron chi connectivity index (χ1n) is 9.68. The van der Waals surface area contributed by atoms with Crippen molar-refractivity contribution >= 4 is 35.2 Å². The van der Waals surface area contributed by atoms with Crippen LogP contribution in [-0.2, 0) is 14.3 Å². The Hall–Kier alpha value is -2.34. The summed E-state index contributed by atoms with van der Waals surface area (Å²) in [6, 6.07) is 5.65. The number of amides is 1. The summed E-state index contributed by atoms with van der Waals surface area (Å²) < 4.78 is 7.03. The van der Waals surface area contributed by atoms with Crippen molar-refractivity contribution in [2.45, 2.75) is 52.2 Å². The van der Waals surface area contributed by atoms with Crippen LogP contribution in [0, 0.1) is 11.8 Å². The van der Waals surface area contributed by atoms with E-state index in [9.17, 15) is 9.59 Å². The number of halogens is 1. The van der Waals surface area contributed by atoms with E-state index < -0.39 is 12.1 Å². The Morgan fingerprint density at radius 2 is 2.14 bits per heavy atom. The molecule has 1 N–H and O–H groups in total. The first-order valence-corrected chi connectivity index (χ1v) is 10.1. The second kappa shape index (κ2) is 8.78. The summed E-state index contributed by atoms with van der Waals surface area (Å²) in [6.45, 7) is 5.95. The first kappa shape index (κ1) is 20.4. The molecule has 0 spiro atoms. The van der Waals surface area contributed by atoms with Crippen molar-refractivity contribution in [1.82, 2.24) is 14.7 Å². The summed E-state index contributed by atoms with van der Waals surface area (Å²) in [5.74, 6) is 0.128. The van der Waals surface area contributed by atoms with Crippen molar-refractivity contribution in [3.05, 3.63) is 41.3 Å². The third-order valence-electron chi connectivity index (χ3n) is 5.60. The summed E-state index contributed by atoms with van der Waals surface area (Å²) in [5.41, 5.74) is 1.26. The smallest absolute Gasteiger partial charge is 0.331 e. The van der Waals surface area contributed by atoms with Gasteiger partial charge in [-0.25, -0.2) is 9.78 Å². The van der Waals surface area contributed by atoms with Gasteiger partial charge in [-0.05, 0) is 43.4 Å². The number of pyridine rings is 1. The number of hydrogen-bond donors (Lipinski definition) is 1. The minimum atomic E-state index is -0.862. The molecule has 1 fully saturated rings. The van der Waals surface area contributed by atoms with Gasteiger partial charge in [0.15, 0.2) is 11.3 Å². The van der Waals surface area contributed by atoms with Crippen molar-refractivity contribution in [2.75, 3.05) is 0 Å². The van der Waals surface area contributed by atoms with Gasteiger partial charge in [-0.2, -0.15) is 0 Å². The van der Waals surface area contributed by atoms with Crippen molar-refractivity contribution in [3.63, 3.8) is 0 Å². The van der Waals surface area contributed by atoms with E-state index in [0.29, 0.717) is 28.3 Å². The monoisotopic (exact) mass is 403 g/mol. The predicted octanol–water partition coefficient (Wildman–Crippen LogP) is 3.87. The third kappa shape index (κ3) is 4.55. The predicted molar refractivity (Wildman–Crippen MR) is 109 cm³/mol. The van der Waals surface area contributed by atoms with E-state index in [1.54, 1.807) is 17.4 Å².